The van der Waals surface area contributed by atoms with Crippen LogP contribution in [0.4, 0.5) is 0 Å². The Morgan fingerprint density at radius 2 is 1.67 bits per heavy atom. The number of halogens is 1. The average molecular weight is 391 g/mol. The summed E-state index contributed by atoms with van der Waals surface area (Å²) in [7, 11) is -1.72. The van der Waals surface area contributed by atoms with Crippen molar-refractivity contribution in [2.75, 3.05) is 32.2 Å². The molecule has 0 unspecified atom stereocenters. The quantitative estimate of drug-likeness (QED) is 0.206. The van der Waals surface area contributed by atoms with E-state index in [0.29, 0.717) is 6.61 Å². The predicted octanol–water partition coefficient (Wildman–Crippen LogP) is 3.78. The van der Waals surface area contributed by atoms with Crippen LogP contribution in [0.3, 0.4) is 0 Å². The fourth-order valence-electron chi connectivity index (χ4n) is 1.52. The van der Waals surface area contributed by atoms with Gasteiger partial charge < -0.3 is 23.3 Å². The van der Waals surface area contributed by atoms with E-state index < -0.39 is 7.60 Å². The van der Waals surface area contributed by atoms with E-state index in [9.17, 15) is 4.57 Å². The van der Waals surface area contributed by atoms with Gasteiger partial charge in [0.25, 0.3) is 0 Å². The van der Waals surface area contributed by atoms with Gasteiger partial charge in [0.2, 0.25) is 0 Å². The summed E-state index contributed by atoms with van der Waals surface area (Å²) in [5, 5.41) is 0.758. The van der Waals surface area contributed by atoms with Crippen molar-refractivity contribution in [2.24, 2.45) is 0 Å². The van der Waals surface area contributed by atoms with Crippen LogP contribution in [0.1, 0.15) is 34.1 Å². The second kappa shape index (κ2) is 12.0. The van der Waals surface area contributed by atoms with Gasteiger partial charge >= 0.3 is 7.60 Å². The van der Waals surface area contributed by atoms with Crippen LogP contribution >= 0.6 is 23.5 Å². The van der Waals surface area contributed by atoms with Gasteiger partial charge in [-0.1, -0.05) is 15.9 Å². The second-order valence-electron chi connectivity index (χ2n) is 5.09. The highest BCUT2D eigenvalue weighted by Crippen LogP contribution is 2.50. The van der Waals surface area contributed by atoms with Gasteiger partial charge in [0.05, 0.1) is 24.9 Å². The molecule has 0 amide bonds. The fourth-order valence-corrected chi connectivity index (χ4v) is 3.88. The molecular formula is C13H28BrO6P. The molecule has 0 aromatic heterocycles. The van der Waals surface area contributed by atoms with Crippen LogP contribution in [0.25, 0.3) is 0 Å². The van der Waals surface area contributed by atoms with Crippen molar-refractivity contribution >= 4 is 23.5 Å². The highest BCUT2D eigenvalue weighted by Gasteiger charge is 2.29. The molecule has 0 aromatic carbocycles. The third kappa shape index (κ3) is 11.7. The molecule has 6 nitrogen and oxygen atoms in total. The summed E-state index contributed by atoms with van der Waals surface area (Å²) in [5.41, 5.74) is 0. The van der Waals surface area contributed by atoms with E-state index >= 15 is 0 Å². The van der Waals surface area contributed by atoms with Gasteiger partial charge in [0, 0.05) is 12.4 Å². The van der Waals surface area contributed by atoms with Gasteiger partial charge in [-0.15, -0.1) is 0 Å². The van der Waals surface area contributed by atoms with Crippen molar-refractivity contribution in [1.29, 1.82) is 0 Å². The van der Waals surface area contributed by atoms with Gasteiger partial charge in [-0.3, -0.25) is 4.57 Å². The van der Waals surface area contributed by atoms with Gasteiger partial charge in [-0.05, 0) is 34.1 Å². The van der Waals surface area contributed by atoms with Crippen LogP contribution in [-0.2, 0) is 27.8 Å². The van der Waals surface area contributed by atoms with Crippen LogP contribution in [0.15, 0.2) is 0 Å². The summed E-state index contributed by atoms with van der Waals surface area (Å²) in [6.45, 7) is 7.82. The SMILES string of the molecule is COCOC[C@H](CCBr)OCP(=O)(OC(C)C)OC(C)C. The highest BCUT2D eigenvalue weighted by molar-refractivity contribution is 9.09. The number of hydrogen-bond acceptors (Lipinski definition) is 6. The molecule has 0 aliphatic heterocycles. The average Bonchev–Trinajstić information content (AvgIpc) is 2.34. The van der Waals surface area contributed by atoms with Crippen LogP contribution in [0.5, 0.6) is 0 Å². The summed E-state index contributed by atoms with van der Waals surface area (Å²) < 4.78 is 39.3. The van der Waals surface area contributed by atoms with Gasteiger partial charge in [-0.2, -0.15) is 0 Å². The zero-order valence-corrected chi connectivity index (χ0v) is 16.0. The maximum atomic E-state index is 12.6. The van der Waals surface area contributed by atoms with Crippen LogP contribution in [0.2, 0.25) is 0 Å². The summed E-state index contributed by atoms with van der Waals surface area (Å²) in [6, 6.07) is 0. The van der Waals surface area contributed by atoms with Gasteiger partial charge in [0.15, 0.2) is 0 Å². The molecule has 0 N–H and O–H groups in total. The lowest BCUT2D eigenvalue weighted by atomic mass is 10.3. The number of methoxy groups -OCH3 is 1. The summed E-state index contributed by atoms with van der Waals surface area (Å²) in [5.74, 6) is 0. The van der Waals surface area contributed by atoms with E-state index in [1.807, 2.05) is 27.7 Å². The predicted molar refractivity (Wildman–Crippen MR) is 86.0 cm³/mol. The van der Waals surface area contributed by atoms with Crippen molar-refractivity contribution < 1.29 is 27.8 Å². The first-order chi connectivity index (χ1) is 9.83. The summed E-state index contributed by atoms with van der Waals surface area (Å²) in [4.78, 5) is 0. The minimum atomic E-state index is -3.27. The monoisotopic (exact) mass is 390 g/mol. The Labute approximate surface area is 136 Å². The molecule has 0 saturated carbocycles. The maximum absolute atomic E-state index is 12.6. The van der Waals surface area contributed by atoms with Crippen molar-refractivity contribution in [3.05, 3.63) is 0 Å². The minimum Gasteiger partial charge on any atom is -0.363 e. The molecule has 0 fully saturated rings. The normalized spacial score (nSPS) is 14.1. The van der Waals surface area contributed by atoms with Crippen LogP contribution in [0, 0.1) is 0 Å². The molecule has 0 bridgehead atoms. The van der Waals surface area contributed by atoms with E-state index in [0.717, 1.165) is 11.8 Å². The zero-order valence-electron chi connectivity index (χ0n) is 13.5. The van der Waals surface area contributed by atoms with Crippen molar-refractivity contribution in [1.82, 2.24) is 0 Å². The standard InChI is InChI=1S/C13H28BrO6P/c1-11(2)19-21(15,20-12(3)4)10-18-13(6-7-14)8-17-9-16-5/h11-13H,6-10H2,1-5H3/t13-/m0/s1. The Bertz CT molecular complexity index is 286. The van der Waals surface area contributed by atoms with E-state index in [2.05, 4.69) is 15.9 Å². The molecule has 0 aromatic rings. The Kier molecular flexibility index (Phi) is 12.3. The molecule has 128 valence electrons. The lowest BCUT2D eigenvalue weighted by Crippen LogP contribution is -2.23. The van der Waals surface area contributed by atoms with Gasteiger partial charge in [0.1, 0.15) is 13.1 Å². The maximum Gasteiger partial charge on any atom is 0.356 e. The lowest BCUT2D eigenvalue weighted by molar-refractivity contribution is -0.0754. The Morgan fingerprint density at radius 1 is 1.10 bits per heavy atom. The third-order valence-corrected chi connectivity index (χ3v) is 4.56. The van der Waals surface area contributed by atoms with Crippen LogP contribution < -0.4 is 0 Å². The molecular weight excluding hydrogens is 363 g/mol. The topological polar surface area (TPSA) is 63.2 Å². The Hall–Kier alpha value is 0.510. The molecule has 0 rings (SSSR count). The first-order valence-electron chi connectivity index (χ1n) is 7.03. The molecule has 0 spiro atoms. The second-order valence-corrected chi connectivity index (χ2v) is 7.79. The number of rotatable bonds is 13. The highest BCUT2D eigenvalue weighted by atomic mass is 79.9. The van der Waals surface area contributed by atoms with Crippen molar-refractivity contribution in [2.45, 2.75) is 52.4 Å². The summed E-state index contributed by atoms with van der Waals surface area (Å²) >= 11 is 3.36. The molecule has 21 heavy (non-hydrogen) atoms. The molecule has 0 aliphatic rings. The molecule has 1 atom stereocenters. The van der Waals surface area contributed by atoms with Crippen molar-refractivity contribution in [3.63, 3.8) is 0 Å². The van der Waals surface area contributed by atoms with E-state index in [-0.39, 0.29) is 31.5 Å². The molecule has 0 aliphatic carbocycles. The smallest absolute Gasteiger partial charge is 0.356 e. The first-order valence-corrected chi connectivity index (χ1v) is 9.88. The number of ether oxygens (including phenoxy) is 3. The fraction of sp³-hybridized carbons (Fsp3) is 1.00. The molecule has 0 heterocycles. The van der Waals surface area contributed by atoms with Gasteiger partial charge in [-0.25, -0.2) is 0 Å². The third-order valence-electron chi connectivity index (χ3n) is 2.15. The Balaban J connectivity index is 4.48. The van der Waals surface area contributed by atoms with Crippen LogP contribution in [-0.4, -0.2) is 50.5 Å². The van der Waals surface area contributed by atoms with E-state index in [4.69, 9.17) is 23.3 Å². The minimum absolute atomic E-state index is 0.0859. The number of hydrogen-bond donors (Lipinski definition) is 0. The number of alkyl halides is 1. The molecule has 0 radical (unpaired) electrons. The van der Waals surface area contributed by atoms with Crippen molar-refractivity contribution in [3.8, 4) is 0 Å². The lowest BCUT2D eigenvalue weighted by Gasteiger charge is -2.25. The first kappa shape index (κ1) is 21.5. The Morgan fingerprint density at radius 3 is 2.10 bits per heavy atom. The van der Waals surface area contributed by atoms with E-state index in [1.54, 1.807) is 7.11 Å². The molecule has 8 heteroatoms. The summed E-state index contributed by atoms with van der Waals surface area (Å²) in [6.07, 6.45) is 0.0548. The zero-order chi connectivity index (χ0) is 16.3. The van der Waals surface area contributed by atoms with E-state index in [1.165, 1.54) is 0 Å². The molecule has 0 saturated heterocycles. The largest absolute Gasteiger partial charge is 0.363 e.